The minimum Gasteiger partial charge on any atom is -0.545 e. The molecule has 0 bridgehead atoms. The van der Waals surface area contributed by atoms with Crippen molar-refractivity contribution < 1.29 is 14.7 Å². The number of thiophene rings is 1. The van der Waals surface area contributed by atoms with Crippen LogP contribution in [-0.4, -0.2) is 16.9 Å². The van der Waals surface area contributed by atoms with Crippen LogP contribution in [-0.2, 0) is 0 Å². The zero-order valence-corrected chi connectivity index (χ0v) is 13.3. The Labute approximate surface area is 139 Å². The summed E-state index contributed by atoms with van der Waals surface area (Å²) >= 11 is 0.984. The molecular formula is C16H12N3O4S-. The number of aryl methyl sites for hydroxylation is 1. The van der Waals surface area contributed by atoms with Gasteiger partial charge in [-0.3, -0.25) is 9.59 Å². The van der Waals surface area contributed by atoms with Gasteiger partial charge in [-0.25, -0.2) is 0 Å². The predicted octanol–water partition coefficient (Wildman–Crippen LogP) is 1.10. The SMILES string of the molecule is Cc1cccc(NC(=O)c2sc3[nH]c(=O)c(C(=O)[O-])cc3c2N)c1. The second-order valence-electron chi connectivity index (χ2n) is 5.21. The molecule has 3 rings (SSSR count). The van der Waals surface area contributed by atoms with Crippen molar-refractivity contribution >= 4 is 44.8 Å². The van der Waals surface area contributed by atoms with Crippen LogP contribution in [0, 0.1) is 6.92 Å². The van der Waals surface area contributed by atoms with Crippen molar-refractivity contribution in [3.8, 4) is 0 Å². The molecule has 7 nitrogen and oxygen atoms in total. The summed E-state index contributed by atoms with van der Waals surface area (Å²) in [6.07, 6.45) is 0. The number of aromatic carboxylic acids is 1. The molecule has 24 heavy (non-hydrogen) atoms. The van der Waals surface area contributed by atoms with Crippen LogP contribution in [0.4, 0.5) is 11.4 Å². The lowest BCUT2D eigenvalue weighted by Gasteiger charge is -2.05. The van der Waals surface area contributed by atoms with Crippen molar-refractivity contribution in [2.24, 2.45) is 0 Å². The molecule has 1 aromatic carbocycles. The highest BCUT2D eigenvalue weighted by atomic mass is 32.1. The summed E-state index contributed by atoms with van der Waals surface area (Å²) < 4.78 is 0. The van der Waals surface area contributed by atoms with E-state index >= 15 is 0 Å². The fraction of sp³-hybridized carbons (Fsp3) is 0.0625. The number of hydrogen-bond donors (Lipinski definition) is 3. The molecule has 0 aliphatic rings. The normalized spacial score (nSPS) is 10.7. The smallest absolute Gasteiger partial charge is 0.267 e. The van der Waals surface area contributed by atoms with Crippen molar-refractivity contribution in [1.29, 1.82) is 0 Å². The minimum absolute atomic E-state index is 0.110. The number of nitrogens with one attached hydrogen (secondary N) is 2. The highest BCUT2D eigenvalue weighted by Crippen LogP contribution is 2.32. The molecule has 1 amide bonds. The number of aromatic nitrogens is 1. The molecule has 122 valence electrons. The Kier molecular flexibility index (Phi) is 3.82. The zero-order chi connectivity index (χ0) is 17.4. The molecule has 2 aromatic heterocycles. The Morgan fingerprint density at radius 3 is 2.71 bits per heavy atom. The van der Waals surface area contributed by atoms with Gasteiger partial charge in [-0.1, -0.05) is 12.1 Å². The number of rotatable bonds is 3. The van der Waals surface area contributed by atoms with E-state index in [0.717, 1.165) is 23.0 Å². The molecule has 8 heteroatoms. The first-order valence-corrected chi connectivity index (χ1v) is 7.73. The van der Waals surface area contributed by atoms with E-state index in [4.69, 9.17) is 5.73 Å². The third-order valence-corrected chi connectivity index (χ3v) is 4.58. The van der Waals surface area contributed by atoms with Crippen molar-refractivity contribution in [3.05, 3.63) is 56.7 Å². The quantitative estimate of drug-likeness (QED) is 0.656. The lowest BCUT2D eigenvalue weighted by molar-refractivity contribution is -0.255. The van der Waals surface area contributed by atoms with Crippen LogP contribution in [0.3, 0.4) is 0 Å². The van der Waals surface area contributed by atoms with E-state index in [0.29, 0.717) is 15.9 Å². The first-order chi connectivity index (χ1) is 11.4. The molecule has 0 atom stereocenters. The summed E-state index contributed by atoms with van der Waals surface area (Å²) in [5.74, 6) is -2.04. The van der Waals surface area contributed by atoms with Crippen LogP contribution in [0.5, 0.6) is 0 Å². The number of nitrogen functional groups attached to an aromatic ring is 1. The minimum atomic E-state index is -1.60. The fourth-order valence-corrected chi connectivity index (χ4v) is 3.29. The third kappa shape index (κ3) is 2.74. The van der Waals surface area contributed by atoms with Crippen LogP contribution >= 0.6 is 11.3 Å². The summed E-state index contributed by atoms with van der Waals surface area (Å²) in [4.78, 5) is 38.0. The molecule has 4 N–H and O–H groups in total. The average molecular weight is 342 g/mol. The van der Waals surface area contributed by atoms with Crippen LogP contribution < -0.4 is 21.7 Å². The Hall–Kier alpha value is -3.13. The molecule has 0 unspecified atom stereocenters. The summed E-state index contributed by atoms with van der Waals surface area (Å²) in [6, 6.07) is 8.37. The second kappa shape index (κ2) is 5.82. The van der Waals surface area contributed by atoms with Crippen LogP contribution in [0.1, 0.15) is 25.6 Å². The molecule has 0 spiro atoms. The van der Waals surface area contributed by atoms with E-state index in [1.165, 1.54) is 0 Å². The van der Waals surface area contributed by atoms with Gasteiger partial charge in [0.2, 0.25) is 0 Å². The Bertz CT molecular complexity index is 1040. The molecule has 0 radical (unpaired) electrons. The number of hydrogen-bond acceptors (Lipinski definition) is 6. The van der Waals surface area contributed by atoms with Crippen molar-refractivity contribution in [2.75, 3.05) is 11.1 Å². The van der Waals surface area contributed by atoms with Crippen molar-refractivity contribution in [3.63, 3.8) is 0 Å². The maximum atomic E-state index is 12.4. The lowest BCUT2D eigenvalue weighted by atomic mass is 10.2. The Balaban J connectivity index is 2.03. The van der Waals surface area contributed by atoms with Crippen LogP contribution in [0.25, 0.3) is 10.2 Å². The van der Waals surface area contributed by atoms with Gasteiger partial charge in [-0.15, -0.1) is 11.3 Å². The number of amides is 1. The molecule has 0 aliphatic heterocycles. The third-order valence-electron chi connectivity index (χ3n) is 3.45. The number of nitrogens with two attached hydrogens (primary N) is 1. The first-order valence-electron chi connectivity index (χ1n) is 6.91. The van der Waals surface area contributed by atoms with Gasteiger partial charge in [-0.2, -0.15) is 0 Å². The number of pyridine rings is 1. The standard InChI is InChI=1S/C16H13N3O4S/c1-7-3-2-4-8(5-7)18-14(21)12-11(17)9-6-10(16(22)23)13(20)19-15(9)24-12/h2-6H,17H2,1H3,(H,18,21)(H,19,20)(H,22,23)/p-1. The number of carbonyl (C=O) groups excluding carboxylic acids is 2. The summed E-state index contributed by atoms with van der Waals surface area (Å²) in [6.45, 7) is 1.90. The van der Waals surface area contributed by atoms with E-state index in [2.05, 4.69) is 10.3 Å². The molecule has 3 aromatic rings. The molecule has 0 aliphatic carbocycles. The van der Waals surface area contributed by atoms with E-state index < -0.39 is 23.0 Å². The number of fused-ring (bicyclic) bond motifs is 1. The van der Waals surface area contributed by atoms with Gasteiger partial charge in [0.1, 0.15) is 9.71 Å². The topological polar surface area (TPSA) is 128 Å². The lowest BCUT2D eigenvalue weighted by Crippen LogP contribution is -2.29. The number of benzene rings is 1. The van der Waals surface area contributed by atoms with Crippen LogP contribution in [0.2, 0.25) is 0 Å². The second-order valence-corrected chi connectivity index (χ2v) is 6.23. The number of carbonyl (C=O) groups is 2. The van der Waals surface area contributed by atoms with Gasteiger partial charge in [0.15, 0.2) is 0 Å². The highest BCUT2D eigenvalue weighted by molar-refractivity contribution is 7.21. The number of anilines is 2. The van der Waals surface area contributed by atoms with Gasteiger partial charge < -0.3 is 25.9 Å². The predicted molar refractivity (Wildman–Crippen MR) is 90.3 cm³/mol. The van der Waals surface area contributed by atoms with E-state index in [9.17, 15) is 19.5 Å². The summed E-state index contributed by atoms with van der Waals surface area (Å²) in [5.41, 5.74) is 6.34. The average Bonchev–Trinajstić information content (AvgIpc) is 2.82. The zero-order valence-electron chi connectivity index (χ0n) is 12.5. The van der Waals surface area contributed by atoms with Gasteiger partial charge in [-0.05, 0) is 30.7 Å². The Morgan fingerprint density at radius 2 is 2.04 bits per heavy atom. The summed E-state index contributed by atoms with van der Waals surface area (Å²) in [7, 11) is 0. The molecule has 0 saturated carbocycles. The maximum absolute atomic E-state index is 12.4. The number of carboxylic acids is 1. The van der Waals surface area contributed by atoms with Crippen LogP contribution in [0.15, 0.2) is 35.1 Å². The number of H-pyrrole nitrogens is 1. The van der Waals surface area contributed by atoms with Gasteiger partial charge in [0, 0.05) is 11.1 Å². The molecule has 0 fully saturated rings. The first kappa shape index (κ1) is 15.8. The number of carboxylic acid groups (broad SMARTS) is 1. The van der Waals surface area contributed by atoms with Gasteiger partial charge in [0.25, 0.3) is 11.5 Å². The highest BCUT2D eigenvalue weighted by Gasteiger charge is 2.18. The Morgan fingerprint density at radius 1 is 1.29 bits per heavy atom. The van der Waals surface area contributed by atoms with Crippen molar-refractivity contribution in [1.82, 2.24) is 4.98 Å². The van der Waals surface area contributed by atoms with E-state index in [1.54, 1.807) is 12.1 Å². The van der Waals surface area contributed by atoms with E-state index in [-0.39, 0.29) is 10.6 Å². The number of aromatic amines is 1. The molecular weight excluding hydrogens is 330 g/mol. The largest absolute Gasteiger partial charge is 0.545 e. The van der Waals surface area contributed by atoms with Gasteiger partial charge in [0.05, 0.1) is 17.2 Å². The maximum Gasteiger partial charge on any atom is 0.267 e. The molecule has 0 saturated heterocycles. The van der Waals surface area contributed by atoms with E-state index in [1.807, 2.05) is 19.1 Å². The molecule has 2 heterocycles. The summed E-state index contributed by atoms with van der Waals surface area (Å²) in [5, 5.41) is 14.0. The van der Waals surface area contributed by atoms with Crippen molar-refractivity contribution in [2.45, 2.75) is 6.92 Å². The van der Waals surface area contributed by atoms with Gasteiger partial charge >= 0.3 is 0 Å². The monoisotopic (exact) mass is 342 g/mol. The fourth-order valence-electron chi connectivity index (χ4n) is 2.30.